The molecule has 1 aromatic rings. The van der Waals surface area contributed by atoms with Crippen LogP contribution in [0.25, 0.3) is 0 Å². The van der Waals surface area contributed by atoms with Gasteiger partial charge in [-0.1, -0.05) is 0 Å². The number of carbonyl (C=O) groups is 1. The number of nitrogens with zero attached hydrogens (tertiary/aromatic N) is 1. The summed E-state index contributed by atoms with van der Waals surface area (Å²) in [6, 6.07) is 1.54. The van der Waals surface area contributed by atoms with Gasteiger partial charge in [0.05, 0.1) is 24.6 Å². The van der Waals surface area contributed by atoms with E-state index >= 15 is 0 Å². The van der Waals surface area contributed by atoms with Crippen molar-refractivity contribution >= 4 is 17.5 Å². The van der Waals surface area contributed by atoms with Gasteiger partial charge in [0.1, 0.15) is 5.82 Å². The van der Waals surface area contributed by atoms with Crippen molar-refractivity contribution in [2.24, 2.45) is 5.92 Å². The first-order valence-electron chi connectivity index (χ1n) is 6.06. The molecule has 0 radical (unpaired) electrons. The predicted octanol–water partition coefficient (Wildman–Crippen LogP) is 2.05. The van der Waals surface area contributed by atoms with Gasteiger partial charge >= 0.3 is 5.97 Å². The Kier molecular flexibility index (Phi) is 3.15. The summed E-state index contributed by atoms with van der Waals surface area (Å²) in [6.07, 6.45) is 4.03. The van der Waals surface area contributed by atoms with Gasteiger partial charge in [-0.3, -0.25) is 0 Å². The summed E-state index contributed by atoms with van der Waals surface area (Å²) in [5, 5.41) is 3.37. The smallest absolute Gasteiger partial charge is 0.340 e. The number of anilines is 2. The van der Waals surface area contributed by atoms with Crippen molar-refractivity contribution in [2.45, 2.75) is 32.2 Å². The third-order valence-corrected chi connectivity index (χ3v) is 3.39. The van der Waals surface area contributed by atoms with Crippen LogP contribution < -0.4 is 11.1 Å². The average Bonchev–Trinajstić information content (AvgIpc) is 3.14. The van der Waals surface area contributed by atoms with Crippen LogP contribution in [0.15, 0.2) is 12.3 Å². The van der Waals surface area contributed by atoms with Crippen LogP contribution in [0.4, 0.5) is 11.5 Å². The standard InChI is InChI=1S/C13H19N3O2/c1-13(2,8-4-5-8)16-10-7-15-11(14)6-9(10)12(17)18-3/h6-8,16H,4-5H2,1-3H3,(H2,14,15). The largest absolute Gasteiger partial charge is 0.465 e. The van der Waals surface area contributed by atoms with Gasteiger partial charge in [0.2, 0.25) is 0 Å². The Bertz CT molecular complexity index is 467. The van der Waals surface area contributed by atoms with E-state index in [-0.39, 0.29) is 5.54 Å². The Morgan fingerprint density at radius 1 is 1.56 bits per heavy atom. The number of ether oxygens (including phenoxy) is 1. The molecule has 98 valence electrons. The first kappa shape index (κ1) is 12.7. The molecule has 1 aliphatic rings. The van der Waals surface area contributed by atoms with Gasteiger partial charge in [-0.15, -0.1) is 0 Å². The summed E-state index contributed by atoms with van der Waals surface area (Å²) in [7, 11) is 1.36. The van der Waals surface area contributed by atoms with Gasteiger partial charge in [0.25, 0.3) is 0 Å². The highest BCUT2D eigenvalue weighted by molar-refractivity contribution is 5.96. The maximum absolute atomic E-state index is 11.7. The van der Waals surface area contributed by atoms with Crippen molar-refractivity contribution in [3.05, 3.63) is 17.8 Å². The molecule has 1 fully saturated rings. The topological polar surface area (TPSA) is 77.2 Å². The van der Waals surface area contributed by atoms with Crippen molar-refractivity contribution in [1.82, 2.24) is 4.98 Å². The summed E-state index contributed by atoms with van der Waals surface area (Å²) in [5.41, 5.74) is 6.66. The number of aromatic nitrogens is 1. The summed E-state index contributed by atoms with van der Waals surface area (Å²) in [4.78, 5) is 15.7. The molecule has 0 spiro atoms. The number of hydrogen-bond donors (Lipinski definition) is 2. The Morgan fingerprint density at radius 2 is 2.22 bits per heavy atom. The van der Waals surface area contributed by atoms with Crippen LogP contribution in [-0.2, 0) is 4.74 Å². The fourth-order valence-electron chi connectivity index (χ4n) is 2.10. The first-order chi connectivity index (χ1) is 8.44. The van der Waals surface area contributed by atoms with Crippen LogP contribution in [0.2, 0.25) is 0 Å². The van der Waals surface area contributed by atoms with Crippen LogP contribution in [-0.4, -0.2) is 23.6 Å². The van der Waals surface area contributed by atoms with E-state index in [1.165, 1.54) is 26.0 Å². The van der Waals surface area contributed by atoms with Gasteiger partial charge in [-0.25, -0.2) is 9.78 Å². The minimum absolute atomic E-state index is 0.0550. The predicted molar refractivity (Wildman–Crippen MR) is 70.4 cm³/mol. The number of methoxy groups -OCH3 is 1. The lowest BCUT2D eigenvalue weighted by molar-refractivity contribution is 0.0601. The highest BCUT2D eigenvalue weighted by atomic mass is 16.5. The molecule has 0 unspecified atom stereocenters. The molecule has 1 saturated carbocycles. The number of nitrogen functional groups attached to an aromatic ring is 1. The van der Waals surface area contributed by atoms with Crippen LogP contribution in [0, 0.1) is 5.92 Å². The van der Waals surface area contributed by atoms with Crippen LogP contribution >= 0.6 is 0 Å². The number of esters is 1. The van der Waals surface area contributed by atoms with E-state index in [2.05, 4.69) is 24.1 Å². The van der Waals surface area contributed by atoms with Gasteiger partial charge < -0.3 is 15.8 Å². The Labute approximate surface area is 107 Å². The monoisotopic (exact) mass is 249 g/mol. The minimum atomic E-state index is -0.404. The summed E-state index contributed by atoms with van der Waals surface area (Å²) in [6.45, 7) is 4.25. The lowest BCUT2D eigenvalue weighted by Gasteiger charge is -2.28. The molecule has 0 amide bonds. The molecule has 0 saturated heterocycles. The fourth-order valence-corrected chi connectivity index (χ4v) is 2.10. The van der Waals surface area contributed by atoms with Crippen LogP contribution in [0.1, 0.15) is 37.0 Å². The zero-order valence-corrected chi connectivity index (χ0v) is 11.0. The van der Waals surface area contributed by atoms with E-state index in [4.69, 9.17) is 10.5 Å². The number of rotatable bonds is 4. The zero-order chi connectivity index (χ0) is 13.3. The van der Waals surface area contributed by atoms with Crippen molar-refractivity contribution in [3.8, 4) is 0 Å². The first-order valence-corrected chi connectivity index (χ1v) is 6.06. The molecule has 18 heavy (non-hydrogen) atoms. The third kappa shape index (κ3) is 2.55. The van der Waals surface area contributed by atoms with E-state index in [9.17, 15) is 4.79 Å². The SMILES string of the molecule is COC(=O)c1cc(N)ncc1NC(C)(C)C1CC1. The molecule has 2 rings (SSSR count). The van der Waals surface area contributed by atoms with Gasteiger partial charge in [0.15, 0.2) is 0 Å². The normalized spacial score (nSPS) is 15.3. The van der Waals surface area contributed by atoms with Crippen molar-refractivity contribution < 1.29 is 9.53 Å². The van der Waals surface area contributed by atoms with Gasteiger partial charge in [-0.2, -0.15) is 0 Å². The molecule has 1 aromatic heterocycles. The van der Waals surface area contributed by atoms with E-state index in [0.717, 1.165) is 0 Å². The lowest BCUT2D eigenvalue weighted by Crippen LogP contribution is -2.34. The van der Waals surface area contributed by atoms with Crippen LogP contribution in [0.3, 0.4) is 0 Å². The second-order valence-corrected chi connectivity index (χ2v) is 5.27. The molecule has 5 nitrogen and oxygen atoms in total. The highest BCUT2D eigenvalue weighted by Crippen LogP contribution is 2.41. The van der Waals surface area contributed by atoms with Crippen molar-refractivity contribution in [1.29, 1.82) is 0 Å². The van der Waals surface area contributed by atoms with Crippen LogP contribution in [0.5, 0.6) is 0 Å². The molecular formula is C13H19N3O2. The number of nitrogens with one attached hydrogen (secondary N) is 1. The second kappa shape index (κ2) is 4.48. The zero-order valence-electron chi connectivity index (χ0n) is 11.0. The van der Waals surface area contributed by atoms with Crippen molar-refractivity contribution in [2.75, 3.05) is 18.2 Å². The summed E-state index contributed by atoms with van der Waals surface area (Å²) in [5.74, 6) is 0.545. The van der Waals surface area contributed by atoms with E-state index < -0.39 is 5.97 Å². The van der Waals surface area contributed by atoms with Crippen molar-refractivity contribution in [3.63, 3.8) is 0 Å². The lowest BCUT2D eigenvalue weighted by atomic mass is 9.98. The Hall–Kier alpha value is -1.78. The Balaban J connectivity index is 2.29. The van der Waals surface area contributed by atoms with E-state index in [1.807, 2.05) is 0 Å². The molecule has 0 bridgehead atoms. The van der Waals surface area contributed by atoms with E-state index in [1.54, 1.807) is 6.20 Å². The molecule has 0 aromatic carbocycles. The number of nitrogens with two attached hydrogens (primary N) is 1. The quantitative estimate of drug-likeness (QED) is 0.798. The fraction of sp³-hybridized carbons (Fsp3) is 0.538. The van der Waals surface area contributed by atoms with Gasteiger partial charge in [-0.05, 0) is 38.7 Å². The molecule has 0 aliphatic heterocycles. The molecule has 0 atom stereocenters. The van der Waals surface area contributed by atoms with E-state index in [0.29, 0.717) is 23.0 Å². The second-order valence-electron chi connectivity index (χ2n) is 5.27. The number of hydrogen-bond acceptors (Lipinski definition) is 5. The molecule has 3 N–H and O–H groups in total. The average molecular weight is 249 g/mol. The highest BCUT2D eigenvalue weighted by Gasteiger charge is 2.38. The number of carbonyl (C=O) groups excluding carboxylic acids is 1. The molecule has 1 heterocycles. The maximum atomic E-state index is 11.7. The minimum Gasteiger partial charge on any atom is -0.465 e. The molecular weight excluding hydrogens is 230 g/mol. The summed E-state index contributed by atoms with van der Waals surface area (Å²) < 4.78 is 4.76. The molecule has 5 heteroatoms. The number of pyridine rings is 1. The molecule has 1 aliphatic carbocycles. The van der Waals surface area contributed by atoms with Gasteiger partial charge in [0, 0.05) is 5.54 Å². The maximum Gasteiger partial charge on any atom is 0.340 e. The Morgan fingerprint density at radius 3 is 2.78 bits per heavy atom. The summed E-state index contributed by atoms with van der Waals surface area (Å²) >= 11 is 0. The third-order valence-electron chi connectivity index (χ3n) is 3.39.